The molecule has 0 amide bonds. The molecule has 0 bridgehead atoms. The zero-order chi connectivity index (χ0) is 19.7. The molecule has 1 aliphatic heterocycles. The van der Waals surface area contributed by atoms with Crippen LogP contribution in [0.4, 0.5) is 0 Å². The Hall–Kier alpha value is -1.96. The Labute approximate surface area is 155 Å². The van der Waals surface area contributed by atoms with Gasteiger partial charge in [-0.2, -0.15) is 0 Å². The molecular formula is C23H37NO. The summed E-state index contributed by atoms with van der Waals surface area (Å²) in [4.78, 5) is 16.5. The van der Waals surface area contributed by atoms with Gasteiger partial charge in [0.2, 0.25) is 0 Å². The molecule has 25 heavy (non-hydrogen) atoms. The number of hydrogen-bond acceptors (Lipinski definition) is 2. The smallest absolute Gasteiger partial charge is 0.168 e. The lowest BCUT2D eigenvalue weighted by molar-refractivity contribution is -0.114. The first kappa shape index (κ1) is 25.3. The number of hydrogen-bond donors (Lipinski definition) is 0. The predicted octanol–water partition coefficient (Wildman–Crippen LogP) is 7.02. The highest BCUT2D eigenvalue weighted by Gasteiger charge is 2.14. The van der Waals surface area contributed by atoms with Crippen molar-refractivity contribution >= 4 is 11.5 Å². The van der Waals surface area contributed by atoms with E-state index in [1.165, 1.54) is 0 Å². The number of aliphatic imine (C=N–C) groups is 1. The monoisotopic (exact) mass is 343 g/mol. The first-order valence-electron chi connectivity index (χ1n) is 9.57. The van der Waals surface area contributed by atoms with E-state index in [4.69, 9.17) is 0 Å². The molecule has 0 fully saturated rings. The highest BCUT2D eigenvalue weighted by Crippen LogP contribution is 2.21. The fourth-order valence-electron chi connectivity index (χ4n) is 1.87. The van der Waals surface area contributed by atoms with Gasteiger partial charge in [-0.3, -0.25) is 9.79 Å². The lowest BCUT2D eigenvalue weighted by atomic mass is 9.93. The minimum Gasteiger partial charge on any atom is -0.294 e. The van der Waals surface area contributed by atoms with Gasteiger partial charge in [0.1, 0.15) is 0 Å². The molecule has 2 aliphatic rings. The van der Waals surface area contributed by atoms with Crippen molar-refractivity contribution in [1.29, 1.82) is 0 Å². The number of rotatable bonds is 3. The van der Waals surface area contributed by atoms with E-state index in [0.29, 0.717) is 6.42 Å². The van der Waals surface area contributed by atoms with Crippen LogP contribution in [0, 0.1) is 5.41 Å². The summed E-state index contributed by atoms with van der Waals surface area (Å²) in [6, 6.07) is 0. The summed E-state index contributed by atoms with van der Waals surface area (Å²) < 4.78 is 0. The standard InChI is InChI=1S/C17H19NO.3C2H6/c1-17(2)10-9-15(18-12-11-17)13-16(19)14-7-5-3-4-6-8-14;3*1-2/h3,5-12H,4,13H2,1-2H3;3*1-2H3. The van der Waals surface area contributed by atoms with Crippen LogP contribution in [0.5, 0.6) is 0 Å². The fraction of sp³-hybridized carbons (Fsp3) is 0.478. The number of carbonyl (C=O) groups excluding carboxylic acids is 1. The van der Waals surface area contributed by atoms with Crippen LogP contribution in [0.2, 0.25) is 0 Å². The quantitative estimate of drug-likeness (QED) is 0.541. The van der Waals surface area contributed by atoms with E-state index in [0.717, 1.165) is 17.7 Å². The van der Waals surface area contributed by atoms with Crippen molar-refractivity contribution in [2.75, 3.05) is 0 Å². The van der Waals surface area contributed by atoms with Crippen LogP contribution in [-0.4, -0.2) is 11.5 Å². The van der Waals surface area contributed by atoms with Crippen molar-refractivity contribution in [3.05, 3.63) is 60.4 Å². The maximum atomic E-state index is 12.2. The van der Waals surface area contributed by atoms with Gasteiger partial charge in [-0.05, 0) is 12.5 Å². The Morgan fingerprint density at radius 3 is 2.28 bits per heavy atom. The van der Waals surface area contributed by atoms with Crippen LogP contribution in [-0.2, 0) is 4.79 Å². The van der Waals surface area contributed by atoms with Crippen LogP contribution in [0.1, 0.15) is 68.2 Å². The molecule has 0 spiro atoms. The van der Waals surface area contributed by atoms with Gasteiger partial charge < -0.3 is 0 Å². The predicted molar refractivity (Wildman–Crippen MR) is 114 cm³/mol. The molecule has 2 rings (SSSR count). The zero-order valence-corrected chi connectivity index (χ0v) is 17.5. The fourth-order valence-corrected chi connectivity index (χ4v) is 1.87. The maximum absolute atomic E-state index is 12.2. The molecule has 0 atom stereocenters. The van der Waals surface area contributed by atoms with Crippen molar-refractivity contribution in [1.82, 2.24) is 0 Å². The van der Waals surface area contributed by atoms with E-state index in [9.17, 15) is 4.79 Å². The second-order valence-corrected chi connectivity index (χ2v) is 5.38. The first-order chi connectivity index (χ1) is 12.1. The minimum atomic E-state index is -0.00146. The van der Waals surface area contributed by atoms with Crippen molar-refractivity contribution in [3.8, 4) is 0 Å². The first-order valence-corrected chi connectivity index (χ1v) is 9.57. The summed E-state index contributed by atoms with van der Waals surface area (Å²) in [6.45, 7) is 16.2. The van der Waals surface area contributed by atoms with Crippen LogP contribution in [0.3, 0.4) is 0 Å². The van der Waals surface area contributed by atoms with Crippen molar-refractivity contribution in [3.63, 3.8) is 0 Å². The van der Waals surface area contributed by atoms with Gasteiger partial charge in [0.25, 0.3) is 0 Å². The van der Waals surface area contributed by atoms with E-state index in [2.05, 4.69) is 24.9 Å². The third kappa shape index (κ3) is 11.3. The Morgan fingerprint density at radius 2 is 1.64 bits per heavy atom. The summed E-state index contributed by atoms with van der Waals surface area (Å²) in [5.41, 5.74) is 1.56. The van der Waals surface area contributed by atoms with Gasteiger partial charge >= 0.3 is 0 Å². The largest absolute Gasteiger partial charge is 0.294 e. The molecule has 2 heteroatoms. The summed E-state index contributed by atoms with van der Waals surface area (Å²) in [5, 5.41) is 0. The molecule has 0 saturated carbocycles. The molecule has 1 aliphatic carbocycles. The van der Waals surface area contributed by atoms with Crippen molar-refractivity contribution < 1.29 is 4.79 Å². The molecule has 2 nitrogen and oxygen atoms in total. The second-order valence-electron chi connectivity index (χ2n) is 5.38. The van der Waals surface area contributed by atoms with Gasteiger partial charge in [0, 0.05) is 22.9 Å². The number of ketones is 1. The third-order valence-corrected chi connectivity index (χ3v) is 3.09. The van der Waals surface area contributed by atoms with Gasteiger partial charge in [-0.15, -0.1) is 0 Å². The Bertz CT molecular complexity index is 540. The SMILES string of the molecule is CC.CC.CC.CC1(C)C=CN=C(CC(=O)C2=CC=CCC=C2)C=C1. The number of carbonyl (C=O) groups is 1. The summed E-state index contributed by atoms with van der Waals surface area (Å²) in [7, 11) is 0. The normalized spacial score (nSPS) is 16.3. The van der Waals surface area contributed by atoms with Crippen LogP contribution < -0.4 is 0 Å². The van der Waals surface area contributed by atoms with E-state index in [1.54, 1.807) is 6.20 Å². The third-order valence-electron chi connectivity index (χ3n) is 3.09. The van der Waals surface area contributed by atoms with Crippen molar-refractivity contribution in [2.45, 2.75) is 68.2 Å². The van der Waals surface area contributed by atoms with Gasteiger partial charge in [0.05, 0.1) is 6.42 Å². The number of nitrogens with zero attached hydrogens (tertiary/aromatic N) is 1. The molecule has 140 valence electrons. The highest BCUT2D eigenvalue weighted by molar-refractivity contribution is 6.14. The molecule has 0 aromatic heterocycles. The second kappa shape index (κ2) is 15.6. The maximum Gasteiger partial charge on any atom is 0.168 e. The highest BCUT2D eigenvalue weighted by atomic mass is 16.1. The van der Waals surface area contributed by atoms with Gasteiger partial charge in [-0.1, -0.05) is 97.9 Å². The molecular weight excluding hydrogens is 306 g/mol. The van der Waals surface area contributed by atoms with Crippen LogP contribution >= 0.6 is 0 Å². The zero-order valence-electron chi connectivity index (χ0n) is 17.5. The molecule has 0 N–H and O–H groups in total. The topological polar surface area (TPSA) is 29.4 Å². The van der Waals surface area contributed by atoms with Crippen LogP contribution in [0.15, 0.2) is 65.4 Å². The van der Waals surface area contributed by atoms with Crippen LogP contribution in [0.25, 0.3) is 0 Å². The molecule has 0 radical (unpaired) electrons. The molecule has 0 aromatic carbocycles. The molecule has 0 unspecified atom stereocenters. The van der Waals surface area contributed by atoms with Crippen molar-refractivity contribution in [2.24, 2.45) is 10.4 Å². The summed E-state index contributed by atoms with van der Waals surface area (Å²) >= 11 is 0. The molecule has 0 saturated heterocycles. The average Bonchev–Trinajstić information content (AvgIpc) is 3.01. The molecule has 0 aromatic rings. The van der Waals surface area contributed by atoms with E-state index in [-0.39, 0.29) is 11.2 Å². The van der Waals surface area contributed by atoms with Gasteiger partial charge in [-0.25, -0.2) is 0 Å². The average molecular weight is 344 g/mol. The van der Waals surface area contributed by atoms with Gasteiger partial charge in [0.15, 0.2) is 5.78 Å². The Kier molecular flexibility index (Phi) is 15.7. The lowest BCUT2D eigenvalue weighted by Crippen LogP contribution is -2.08. The van der Waals surface area contributed by atoms with E-state index < -0.39 is 0 Å². The van der Waals surface area contributed by atoms with E-state index >= 15 is 0 Å². The number of allylic oxidation sites excluding steroid dienone is 9. The van der Waals surface area contributed by atoms with E-state index in [1.807, 2.05) is 84.1 Å². The Balaban J connectivity index is 0. The number of Topliss-reactive ketones (excluding diaryl/α,β-unsaturated/α-hetero) is 1. The lowest BCUT2D eigenvalue weighted by Gasteiger charge is -2.11. The molecule has 1 heterocycles. The minimum absolute atomic E-state index is 0.00146. The summed E-state index contributed by atoms with van der Waals surface area (Å²) in [6.07, 6.45) is 18.8. The summed E-state index contributed by atoms with van der Waals surface area (Å²) in [5.74, 6) is 0.110. The Morgan fingerprint density at radius 1 is 1.00 bits per heavy atom.